The van der Waals surface area contributed by atoms with Gasteiger partial charge in [-0.15, -0.1) is 0 Å². The van der Waals surface area contributed by atoms with Gasteiger partial charge in [0.25, 0.3) is 0 Å². The van der Waals surface area contributed by atoms with Crippen LogP contribution in [-0.2, 0) is 16.0 Å². The molecule has 1 aliphatic heterocycles. The molecule has 0 spiro atoms. The van der Waals surface area contributed by atoms with Gasteiger partial charge in [-0.05, 0) is 31.5 Å². The minimum Gasteiger partial charge on any atom is -0.450 e. The summed E-state index contributed by atoms with van der Waals surface area (Å²) in [6.45, 7) is 6.90. The summed E-state index contributed by atoms with van der Waals surface area (Å²) in [6.07, 6.45) is 1.81. The molecule has 28 heavy (non-hydrogen) atoms. The van der Waals surface area contributed by atoms with Crippen LogP contribution in [0.3, 0.4) is 0 Å². The molecule has 0 bridgehead atoms. The molecule has 3 rings (SSSR count). The molecular formula is C21H26N4O3. The van der Waals surface area contributed by atoms with Gasteiger partial charge in [-0.3, -0.25) is 4.79 Å². The fourth-order valence-corrected chi connectivity index (χ4v) is 3.09. The predicted octanol–water partition coefficient (Wildman–Crippen LogP) is 2.85. The standard InChI is InChI=1S/C21H26N4O3/c1-3-28-21(27)25-12-10-24(11-13-25)18-8-9-19(22-15-18)23-20(26)14-17-6-4-16(2)5-7-17/h4-9,15H,3,10-14H2,1-2H3,(H,22,23,26). The van der Waals surface area contributed by atoms with Crippen molar-refractivity contribution >= 4 is 23.5 Å². The minimum absolute atomic E-state index is 0.0906. The first-order valence-corrected chi connectivity index (χ1v) is 9.53. The first kappa shape index (κ1) is 19.7. The number of piperazine rings is 1. The largest absolute Gasteiger partial charge is 0.450 e. The summed E-state index contributed by atoms with van der Waals surface area (Å²) in [7, 11) is 0. The Morgan fingerprint density at radius 2 is 1.79 bits per heavy atom. The Labute approximate surface area is 165 Å². The van der Waals surface area contributed by atoms with E-state index in [2.05, 4.69) is 15.2 Å². The molecule has 2 aromatic rings. The van der Waals surface area contributed by atoms with Crippen LogP contribution in [0.1, 0.15) is 18.1 Å². The van der Waals surface area contributed by atoms with Gasteiger partial charge in [-0.2, -0.15) is 0 Å². The third-order valence-electron chi connectivity index (χ3n) is 4.67. The number of aryl methyl sites for hydroxylation is 1. The van der Waals surface area contributed by atoms with E-state index in [-0.39, 0.29) is 12.0 Å². The number of anilines is 2. The van der Waals surface area contributed by atoms with Crippen LogP contribution in [-0.4, -0.2) is 54.7 Å². The van der Waals surface area contributed by atoms with Gasteiger partial charge in [0.2, 0.25) is 5.91 Å². The zero-order valence-corrected chi connectivity index (χ0v) is 16.4. The Balaban J connectivity index is 1.50. The zero-order chi connectivity index (χ0) is 19.9. The molecule has 7 heteroatoms. The summed E-state index contributed by atoms with van der Waals surface area (Å²) >= 11 is 0. The number of rotatable bonds is 5. The molecule has 0 radical (unpaired) electrons. The molecule has 1 N–H and O–H groups in total. The molecule has 148 valence electrons. The first-order chi connectivity index (χ1) is 13.5. The van der Waals surface area contributed by atoms with E-state index < -0.39 is 0 Å². The van der Waals surface area contributed by atoms with Crippen LogP contribution in [0.4, 0.5) is 16.3 Å². The van der Waals surface area contributed by atoms with Crippen LogP contribution < -0.4 is 10.2 Å². The maximum Gasteiger partial charge on any atom is 0.409 e. The van der Waals surface area contributed by atoms with Crippen molar-refractivity contribution in [1.29, 1.82) is 0 Å². The smallest absolute Gasteiger partial charge is 0.409 e. The van der Waals surface area contributed by atoms with Gasteiger partial charge in [0.1, 0.15) is 5.82 Å². The number of nitrogens with zero attached hydrogens (tertiary/aromatic N) is 3. The molecule has 0 aliphatic carbocycles. The fraction of sp³-hybridized carbons (Fsp3) is 0.381. The summed E-state index contributed by atoms with van der Waals surface area (Å²) in [6, 6.07) is 11.7. The molecule has 0 atom stereocenters. The lowest BCUT2D eigenvalue weighted by Crippen LogP contribution is -2.49. The molecule has 0 saturated carbocycles. The molecule has 2 heterocycles. The van der Waals surface area contributed by atoms with Crippen molar-refractivity contribution in [2.75, 3.05) is 43.0 Å². The van der Waals surface area contributed by atoms with E-state index in [0.29, 0.717) is 31.9 Å². The van der Waals surface area contributed by atoms with Crippen molar-refractivity contribution in [1.82, 2.24) is 9.88 Å². The Kier molecular flexibility index (Phi) is 6.47. The summed E-state index contributed by atoms with van der Waals surface area (Å²) in [4.78, 5) is 32.2. The highest BCUT2D eigenvalue weighted by molar-refractivity contribution is 5.91. The van der Waals surface area contributed by atoms with Gasteiger partial charge < -0.3 is 19.9 Å². The number of amides is 2. The molecular weight excluding hydrogens is 356 g/mol. The second-order valence-corrected chi connectivity index (χ2v) is 6.79. The summed E-state index contributed by atoms with van der Waals surface area (Å²) in [5, 5.41) is 2.83. The number of ether oxygens (including phenoxy) is 1. The van der Waals surface area contributed by atoms with Gasteiger partial charge >= 0.3 is 6.09 Å². The zero-order valence-electron chi connectivity index (χ0n) is 16.4. The highest BCUT2D eigenvalue weighted by Gasteiger charge is 2.22. The number of hydrogen-bond acceptors (Lipinski definition) is 5. The highest BCUT2D eigenvalue weighted by atomic mass is 16.6. The molecule has 1 saturated heterocycles. The van der Waals surface area contributed by atoms with Crippen LogP contribution in [0.25, 0.3) is 0 Å². The van der Waals surface area contributed by atoms with Crippen molar-refractivity contribution in [2.24, 2.45) is 0 Å². The van der Waals surface area contributed by atoms with E-state index in [0.717, 1.165) is 24.3 Å². The topological polar surface area (TPSA) is 74.8 Å². The predicted molar refractivity (Wildman–Crippen MR) is 109 cm³/mol. The minimum atomic E-state index is -0.257. The van der Waals surface area contributed by atoms with Gasteiger partial charge in [-0.1, -0.05) is 29.8 Å². The SMILES string of the molecule is CCOC(=O)N1CCN(c2ccc(NC(=O)Cc3ccc(C)cc3)nc2)CC1. The second kappa shape index (κ2) is 9.21. The average molecular weight is 382 g/mol. The lowest BCUT2D eigenvalue weighted by Gasteiger charge is -2.35. The van der Waals surface area contributed by atoms with Crippen molar-refractivity contribution < 1.29 is 14.3 Å². The van der Waals surface area contributed by atoms with Gasteiger partial charge in [0.15, 0.2) is 0 Å². The average Bonchev–Trinajstić information content (AvgIpc) is 2.71. The number of carbonyl (C=O) groups excluding carboxylic acids is 2. The van der Waals surface area contributed by atoms with Crippen LogP contribution >= 0.6 is 0 Å². The number of nitrogens with one attached hydrogen (secondary N) is 1. The quantitative estimate of drug-likeness (QED) is 0.861. The summed E-state index contributed by atoms with van der Waals surface area (Å²) in [5.74, 6) is 0.443. The van der Waals surface area contributed by atoms with E-state index in [1.165, 1.54) is 5.56 Å². The number of aromatic nitrogens is 1. The third kappa shape index (κ3) is 5.22. The Morgan fingerprint density at radius 3 is 2.39 bits per heavy atom. The van der Waals surface area contributed by atoms with Crippen molar-refractivity contribution in [3.63, 3.8) is 0 Å². The fourth-order valence-electron chi connectivity index (χ4n) is 3.09. The third-order valence-corrected chi connectivity index (χ3v) is 4.67. The normalized spacial score (nSPS) is 13.9. The molecule has 7 nitrogen and oxygen atoms in total. The summed E-state index contributed by atoms with van der Waals surface area (Å²) < 4.78 is 5.04. The maximum absolute atomic E-state index is 12.2. The first-order valence-electron chi connectivity index (χ1n) is 9.53. The lowest BCUT2D eigenvalue weighted by atomic mass is 10.1. The van der Waals surface area contributed by atoms with Crippen molar-refractivity contribution in [3.8, 4) is 0 Å². The highest BCUT2D eigenvalue weighted by Crippen LogP contribution is 2.18. The van der Waals surface area contributed by atoms with Crippen LogP contribution in [0.5, 0.6) is 0 Å². The van der Waals surface area contributed by atoms with E-state index in [1.54, 1.807) is 24.1 Å². The number of carbonyl (C=O) groups is 2. The van der Waals surface area contributed by atoms with E-state index in [4.69, 9.17) is 4.74 Å². The maximum atomic E-state index is 12.2. The van der Waals surface area contributed by atoms with Crippen LogP contribution in [0.15, 0.2) is 42.6 Å². The van der Waals surface area contributed by atoms with E-state index in [9.17, 15) is 9.59 Å². The molecule has 1 aromatic carbocycles. The monoisotopic (exact) mass is 382 g/mol. The molecule has 1 fully saturated rings. The van der Waals surface area contributed by atoms with E-state index in [1.807, 2.05) is 37.3 Å². The Hall–Kier alpha value is -3.09. The number of pyridine rings is 1. The molecule has 2 amide bonds. The summed E-state index contributed by atoms with van der Waals surface area (Å²) in [5.41, 5.74) is 3.11. The van der Waals surface area contributed by atoms with Crippen molar-refractivity contribution in [2.45, 2.75) is 20.3 Å². The van der Waals surface area contributed by atoms with Crippen LogP contribution in [0, 0.1) is 6.92 Å². The number of hydrogen-bond donors (Lipinski definition) is 1. The van der Waals surface area contributed by atoms with E-state index >= 15 is 0 Å². The molecule has 0 unspecified atom stereocenters. The van der Waals surface area contributed by atoms with Gasteiger partial charge in [0, 0.05) is 26.2 Å². The lowest BCUT2D eigenvalue weighted by molar-refractivity contribution is -0.115. The van der Waals surface area contributed by atoms with Crippen molar-refractivity contribution in [3.05, 3.63) is 53.7 Å². The number of benzene rings is 1. The van der Waals surface area contributed by atoms with Crippen LogP contribution in [0.2, 0.25) is 0 Å². The molecule has 1 aromatic heterocycles. The Bertz CT molecular complexity index is 797. The van der Waals surface area contributed by atoms with Gasteiger partial charge in [-0.25, -0.2) is 9.78 Å². The molecule has 1 aliphatic rings. The van der Waals surface area contributed by atoms with Gasteiger partial charge in [0.05, 0.1) is 24.9 Å². The second-order valence-electron chi connectivity index (χ2n) is 6.79. The Morgan fingerprint density at radius 1 is 1.07 bits per heavy atom.